The highest BCUT2D eigenvalue weighted by Gasteiger charge is 2.35. The number of nitrogens with zero attached hydrogens (tertiary/aromatic N) is 1. The molecule has 1 saturated heterocycles. The molecule has 8 nitrogen and oxygen atoms in total. The molecule has 2 rings (SSSR count). The maximum Gasteiger partial charge on any atom is 0.323 e. The van der Waals surface area contributed by atoms with Crippen LogP contribution in [-0.4, -0.2) is 54.5 Å². The number of sulfone groups is 1. The van der Waals surface area contributed by atoms with Crippen molar-refractivity contribution in [1.29, 1.82) is 0 Å². The average Bonchev–Trinajstić information content (AvgIpc) is 3.02. The number of carboxylic acid groups (broad SMARTS) is 1. The van der Waals surface area contributed by atoms with Crippen LogP contribution in [0, 0.1) is 0 Å². The highest BCUT2D eigenvalue weighted by atomic mass is 32.2. The van der Waals surface area contributed by atoms with E-state index < -0.39 is 34.4 Å². The third-order valence-corrected chi connectivity index (χ3v) is 4.96. The first-order valence-corrected chi connectivity index (χ1v) is 8.18. The summed E-state index contributed by atoms with van der Waals surface area (Å²) < 4.78 is 28.0. The van der Waals surface area contributed by atoms with Gasteiger partial charge in [-0.3, -0.25) is 4.79 Å². The van der Waals surface area contributed by atoms with Crippen molar-refractivity contribution in [2.45, 2.75) is 19.0 Å². The summed E-state index contributed by atoms with van der Waals surface area (Å²) in [7, 11) is -3.20. The van der Waals surface area contributed by atoms with Gasteiger partial charge in [-0.2, -0.15) is 0 Å². The van der Waals surface area contributed by atoms with Crippen molar-refractivity contribution in [1.82, 2.24) is 10.2 Å². The van der Waals surface area contributed by atoms with Crippen LogP contribution in [0.1, 0.15) is 12.2 Å². The minimum atomic E-state index is -3.20. The number of aliphatic carboxylic acids is 1. The predicted octanol–water partition coefficient (Wildman–Crippen LogP) is 0.0629. The van der Waals surface area contributed by atoms with Crippen molar-refractivity contribution in [3.05, 3.63) is 24.2 Å². The molecular formula is C12H16N2O6S. The number of nitrogens with one attached hydrogen (secondary N) is 1. The minimum absolute atomic E-state index is 0.0285. The molecule has 0 aromatic carbocycles. The fraction of sp³-hybridized carbons (Fsp3) is 0.500. The molecule has 116 valence electrons. The van der Waals surface area contributed by atoms with Crippen molar-refractivity contribution in [2.24, 2.45) is 0 Å². The van der Waals surface area contributed by atoms with Gasteiger partial charge in [-0.15, -0.1) is 0 Å². The molecular weight excluding hydrogens is 300 g/mol. The molecule has 1 fully saturated rings. The van der Waals surface area contributed by atoms with Crippen LogP contribution >= 0.6 is 0 Å². The van der Waals surface area contributed by atoms with Crippen molar-refractivity contribution >= 4 is 21.8 Å². The Bertz CT molecular complexity index is 610. The highest BCUT2D eigenvalue weighted by Crippen LogP contribution is 2.18. The van der Waals surface area contributed by atoms with E-state index in [1.54, 1.807) is 12.1 Å². The number of amides is 2. The number of hydrogen-bond acceptors (Lipinski definition) is 5. The first-order valence-electron chi connectivity index (χ1n) is 6.36. The lowest BCUT2D eigenvalue weighted by Gasteiger charge is -2.26. The third-order valence-electron chi connectivity index (χ3n) is 3.21. The zero-order chi connectivity index (χ0) is 15.5. The van der Waals surface area contributed by atoms with Crippen molar-refractivity contribution in [3.8, 4) is 0 Å². The smallest absolute Gasteiger partial charge is 0.323 e. The monoisotopic (exact) mass is 316 g/mol. The molecule has 9 heteroatoms. The molecule has 1 aliphatic rings. The molecule has 0 saturated carbocycles. The molecule has 1 aliphatic heterocycles. The Kier molecular flexibility index (Phi) is 4.51. The number of rotatable bonds is 5. The fourth-order valence-electron chi connectivity index (χ4n) is 2.21. The third kappa shape index (κ3) is 4.22. The zero-order valence-corrected chi connectivity index (χ0v) is 12.0. The Hall–Kier alpha value is -2.03. The molecule has 2 heterocycles. The first-order chi connectivity index (χ1) is 9.87. The lowest BCUT2D eigenvalue weighted by atomic mass is 10.2. The van der Waals surface area contributed by atoms with E-state index in [4.69, 9.17) is 9.52 Å². The van der Waals surface area contributed by atoms with Crippen LogP contribution in [-0.2, 0) is 21.2 Å². The lowest BCUT2D eigenvalue weighted by Crippen LogP contribution is -2.48. The summed E-state index contributed by atoms with van der Waals surface area (Å²) in [6.07, 6.45) is 1.71. The van der Waals surface area contributed by atoms with Gasteiger partial charge < -0.3 is 19.7 Å². The van der Waals surface area contributed by atoms with Gasteiger partial charge in [0.25, 0.3) is 0 Å². The summed E-state index contributed by atoms with van der Waals surface area (Å²) >= 11 is 0. The van der Waals surface area contributed by atoms with E-state index in [9.17, 15) is 18.0 Å². The molecule has 0 aliphatic carbocycles. The molecule has 1 atom stereocenters. The molecule has 2 amide bonds. The molecule has 1 aromatic heterocycles. The number of urea groups is 1. The van der Waals surface area contributed by atoms with E-state index >= 15 is 0 Å². The Morgan fingerprint density at radius 3 is 2.76 bits per heavy atom. The van der Waals surface area contributed by atoms with Gasteiger partial charge in [-0.1, -0.05) is 0 Å². The summed E-state index contributed by atoms with van der Waals surface area (Å²) in [4.78, 5) is 24.0. The Morgan fingerprint density at radius 2 is 2.24 bits per heavy atom. The quantitative estimate of drug-likeness (QED) is 0.793. The second-order valence-corrected chi connectivity index (χ2v) is 7.05. The van der Waals surface area contributed by atoms with Crippen LogP contribution < -0.4 is 5.32 Å². The molecule has 2 N–H and O–H groups in total. The van der Waals surface area contributed by atoms with Crippen LogP contribution in [0.2, 0.25) is 0 Å². The fourth-order valence-corrected chi connectivity index (χ4v) is 3.94. The van der Waals surface area contributed by atoms with Gasteiger partial charge in [0.15, 0.2) is 9.84 Å². The maximum atomic E-state index is 12.1. The second-order valence-electron chi connectivity index (χ2n) is 4.82. The van der Waals surface area contributed by atoms with E-state index in [1.807, 2.05) is 0 Å². The van der Waals surface area contributed by atoms with Gasteiger partial charge in [-0.25, -0.2) is 13.2 Å². The molecule has 0 bridgehead atoms. The largest absolute Gasteiger partial charge is 0.480 e. The minimum Gasteiger partial charge on any atom is -0.480 e. The van der Waals surface area contributed by atoms with Crippen LogP contribution in [0.25, 0.3) is 0 Å². The standard InChI is InChI=1S/C12H16N2O6S/c15-11(16)7-14(9-3-5-21(18,19)8-9)12(17)13-6-10-2-1-4-20-10/h1-2,4,9H,3,5-8H2,(H,13,17)(H,15,16). The van der Waals surface area contributed by atoms with Crippen molar-refractivity contribution in [3.63, 3.8) is 0 Å². The Labute approximate surface area is 121 Å². The van der Waals surface area contributed by atoms with Crippen LogP contribution in [0.5, 0.6) is 0 Å². The van der Waals surface area contributed by atoms with Crippen LogP contribution in [0.15, 0.2) is 22.8 Å². The van der Waals surface area contributed by atoms with Crippen molar-refractivity contribution in [2.75, 3.05) is 18.1 Å². The first kappa shape index (κ1) is 15.4. The molecule has 0 radical (unpaired) electrons. The van der Waals surface area contributed by atoms with Gasteiger partial charge in [0.05, 0.1) is 24.3 Å². The summed E-state index contributed by atoms with van der Waals surface area (Å²) in [5, 5.41) is 11.4. The van der Waals surface area contributed by atoms with Crippen molar-refractivity contribution < 1.29 is 27.5 Å². The van der Waals surface area contributed by atoms with Gasteiger partial charge in [0, 0.05) is 6.04 Å². The van der Waals surface area contributed by atoms with Gasteiger partial charge in [0.2, 0.25) is 0 Å². The molecule has 1 unspecified atom stereocenters. The summed E-state index contributed by atoms with van der Waals surface area (Å²) in [5.41, 5.74) is 0. The zero-order valence-electron chi connectivity index (χ0n) is 11.2. The average molecular weight is 316 g/mol. The predicted molar refractivity (Wildman–Crippen MR) is 72.3 cm³/mol. The van der Waals surface area contributed by atoms with Crippen LogP contribution in [0.3, 0.4) is 0 Å². The Morgan fingerprint density at radius 1 is 1.48 bits per heavy atom. The molecule has 0 spiro atoms. The van der Waals surface area contributed by atoms with E-state index in [-0.39, 0.29) is 24.5 Å². The number of hydrogen-bond donors (Lipinski definition) is 2. The second kappa shape index (κ2) is 6.17. The number of carbonyl (C=O) groups excluding carboxylic acids is 1. The molecule has 21 heavy (non-hydrogen) atoms. The summed E-state index contributed by atoms with van der Waals surface area (Å²) in [5.74, 6) is -0.890. The summed E-state index contributed by atoms with van der Waals surface area (Å²) in [6.45, 7) is -0.425. The van der Waals surface area contributed by atoms with E-state index in [0.717, 1.165) is 4.90 Å². The highest BCUT2D eigenvalue weighted by molar-refractivity contribution is 7.91. The number of carbonyl (C=O) groups is 2. The van der Waals surface area contributed by atoms with Gasteiger partial charge >= 0.3 is 12.0 Å². The van der Waals surface area contributed by atoms with E-state index in [0.29, 0.717) is 5.76 Å². The van der Waals surface area contributed by atoms with E-state index in [1.165, 1.54) is 6.26 Å². The number of furan rings is 1. The van der Waals surface area contributed by atoms with Gasteiger partial charge in [0.1, 0.15) is 12.3 Å². The SMILES string of the molecule is O=C(O)CN(C(=O)NCc1ccco1)C1CCS(=O)(=O)C1. The number of carboxylic acids is 1. The van der Waals surface area contributed by atoms with E-state index in [2.05, 4.69) is 5.32 Å². The normalized spacial score (nSPS) is 20.1. The van der Waals surface area contributed by atoms with Gasteiger partial charge in [-0.05, 0) is 18.6 Å². The Balaban J connectivity index is 2.01. The summed E-state index contributed by atoms with van der Waals surface area (Å²) in [6, 6.07) is 2.11. The lowest BCUT2D eigenvalue weighted by molar-refractivity contribution is -0.138. The topological polar surface area (TPSA) is 117 Å². The molecule has 1 aromatic rings. The maximum absolute atomic E-state index is 12.1. The van der Waals surface area contributed by atoms with Crippen LogP contribution in [0.4, 0.5) is 4.79 Å².